The molecule has 0 bridgehead atoms. The van der Waals surface area contributed by atoms with E-state index in [1.165, 1.54) is 211 Å². The highest BCUT2D eigenvalue weighted by molar-refractivity contribution is 5.22. The molecule has 0 amide bonds. The van der Waals surface area contributed by atoms with Crippen molar-refractivity contribution in [3.8, 4) is 0 Å². The number of rotatable bonds is 37. The molecule has 3 heteroatoms. The number of quaternary nitrogens is 1. The molecule has 1 aromatic rings. The minimum Gasteiger partial charge on any atom is -1.00 e. The Kier molecular flexibility index (Phi) is 35.8. The van der Waals surface area contributed by atoms with Gasteiger partial charge in [0.2, 0.25) is 0 Å². The first-order valence-electron chi connectivity index (χ1n) is 21.7. The summed E-state index contributed by atoms with van der Waals surface area (Å²) in [4.78, 5) is 6.79. The van der Waals surface area contributed by atoms with Crippen molar-refractivity contribution < 1.29 is 22.3 Å². The van der Waals surface area contributed by atoms with Gasteiger partial charge in [0.25, 0.3) is 0 Å². The summed E-state index contributed by atoms with van der Waals surface area (Å²) in [5, 5.41) is 1.11. The topological polar surface area (TPSA) is 13.7 Å². The Morgan fingerprint density at radius 2 is 0.646 bits per heavy atom. The van der Waals surface area contributed by atoms with E-state index in [0.29, 0.717) is 0 Å². The normalized spacial score (nSPS) is 11.8. The minimum absolute atomic E-state index is 0. The Morgan fingerprint density at radius 3 is 0.896 bits per heavy atom. The van der Waals surface area contributed by atoms with Crippen LogP contribution in [0.5, 0.6) is 0 Å². The fraction of sp³-hybridized carbons (Fsp3) is 0.867. The molecule has 0 atom stereocenters. The summed E-state index contributed by atoms with van der Waals surface area (Å²) in [6.07, 6.45) is 47.8. The highest BCUT2D eigenvalue weighted by Crippen LogP contribution is 2.36. The zero-order valence-electron chi connectivity index (χ0n) is 33.2. The SMILES string of the molecule is CCCCCCCCCCCCCCCCCCC(CCCCCCCCCCCCCCCCCC)(O[NH+](C)C)c1ccccc1.[Cl-]. The van der Waals surface area contributed by atoms with Gasteiger partial charge in [0.1, 0.15) is 0 Å². The molecule has 0 radical (unpaired) electrons. The van der Waals surface area contributed by atoms with Gasteiger partial charge >= 0.3 is 0 Å². The number of hydroxylamine groups is 2. The van der Waals surface area contributed by atoms with Gasteiger partial charge in [-0.1, -0.05) is 237 Å². The largest absolute Gasteiger partial charge is 1.00 e. The Balaban J connectivity index is 0.0000221. The molecule has 2 nitrogen and oxygen atoms in total. The lowest BCUT2D eigenvalue weighted by molar-refractivity contribution is -1.08. The molecular weight excluding hydrogens is 606 g/mol. The second-order valence-electron chi connectivity index (χ2n) is 15.5. The predicted molar refractivity (Wildman–Crippen MR) is 210 cm³/mol. The zero-order chi connectivity index (χ0) is 33.9. The van der Waals surface area contributed by atoms with Gasteiger partial charge in [-0.25, -0.2) is 0 Å². The minimum atomic E-state index is -0.147. The molecular formula is C45H86ClNO. The van der Waals surface area contributed by atoms with Crippen LogP contribution in [0.25, 0.3) is 0 Å². The van der Waals surface area contributed by atoms with E-state index in [1.807, 2.05) is 0 Å². The van der Waals surface area contributed by atoms with Gasteiger partial charge in [0, 0.05) is 0 Å². The van der Waals surface area contributed by atoms with E-state index in [1.54, 1.807) is 0 Å². The molecule has 1 N–H and O–H groups in total. The monoisotopic (exact) mass is 692 g/mol. The molecule has 0 aliphatic heterocycles. The van der Waals surface area contributed by atoms with E-state index in [0.717, 1.165) is 17.9 Å². The molecule has 48 heavy (non-hydrogen) atoms. The van der Waals surface area contributed by atoms with Gasteiger partial charge in [-0.05, 0) is 31.2 Å². The van der Waals surface area contributed by atoms with Crippen LogP contribution >= 0.6 is 0 Å². The summed E-state index contributed by atoms with van der Waals surface area (Å²) in [6, 6.07) is 11.2. The van der Waals surface area contributed by atoms with Crippen LogP contribution < -0.4 is 17.5 Å². The van der Waals surface area contributed by atoms with Gasteiger partial charge in [-0.15, -0.1) is 0 Å². The van der Waals surface area contributed by atoms with Crippen molar-refractivity contribution in [2.45, 2.75) is 238 Å². The van der Waals surface area contributed by atoms with Crippen LogP contribution in [0, 0.1) is 0 Å². The number of hydrogen-bond donors (Lipinski definition) is 1. The summed E-state index contributed by atoms with van der Waals surface area (Å²) in [5.41, 5.74) is 1.25. The predicted octanol–water partition coefficient (Wildman–Crippen LogP) is 11.3. The van der Waals surface area contributed by atoms with Crippen LogP contribution in [0.15, 0.2) is 30.3 Å². The van der Waals surface area contributed by atoms with Crippen LogP contribution in [0.4, 0.5) is 0 Å². The van der Waals surface area contributed by atoms with Crippen LogP contribution in [0.1, 0.15) is 238 Å². The fourth-order valence-electron chi connectivity index (χ4n) is 7.62. The van der Waals surface area contributed by atoms with E-state index >= 15 is 0 Å². The third-order valence-electron chi connectivity index (χ3n) is 10.6. The molecule has 0 aromatic heterocycles. The molecule has 0 heterocycles. The maximum Gasteiger partial charge on any atom is 0.152 e. The Labute approximate surface area is 309 Å². The van der Waals surface area contributed by atoms with Crippen LogP contribution in [0.3, 0.4) is 0 Å². The third-order valence-corrected chi connectivity index (χ3v) is 10.6. The molecule has 0 aliphatic carbocycles. The van der Waals surface area contributed by atoms with E-state index in [4.69, 9.17) is 4.84 Å². The molecule has 0 aliphatic rings. The standard InChI is InChI=1S/C45H85NO.ClH/c1-5-7-9-11-13-15-17-19-21-23-25-27-29-31-33-38-42-45(47-46(3)4,44-40-36-35-37-41-44)43-39-34-32-30-28-26-24-22-20-18-16-14-12-10-8-6-2;/h35-37,40-41H,5-34,38-39,42-43H2,1-4H3;1H. The lowest BCUT2D eigenvalue weighted by Gasteiger charge is -2.34. The number of hydrogen-bond acceptors (Lipinski definition) is 1. The molecule has 1 rings (SSSR count). The number of nitrogens with one attached hydrogen (secondary N) is 1. The Morgan fingerprint density at radius 1 is 0.396 bits per heavy atom. The van der Waals surface area contributed by atoms with E-state index in [9.17, 15) is 0 Å². The highest BCUT2D eigenvalue weighted by Gasteiger charge is 2.36. The fourth-order valence-corrected chi connectivity index (χ4v) is 7.62. The molecule has 0 saturated heterocycles. The molecule has 0 unspecified atom stereocenters. The van der Waals surface area contributed by atoms with Crippen molar-refractivity contribution in [1.82, 2.24) is 0 Å². The average Bonchev–Trinajstić information content (AvgIpc) is 3.08. The van der Waals surface area contributed by atoms with Gasteiger partial charge in [-0.3, -0.25) is 0 Å². The van der Waals surface area contributed by atoms with Gasteiger partial charge in [0.05, 0.1) is 14.1 Å². The molecule has 1 aromatic carbocycles. The lowest BCUT2D eigenvalue weighted by Crippen LogP contribution is -3.06. The molecule has 284 valence electrons. The quantitative estimate of drug-likeness (QED) is 0.0541. The average molecular weight is 693 g/mol. The van der Waals surface area contributed by atoms with Crippen molar-refractivity contribution in [3.05, 3.63) is 35.9 Å². The third kappa shape index (κ3) is 28.2. The summed E-state index contributed by atoms with van der Waals surface area (Å²) in [5.74, 6) is 0. The van der Waals surface area contributed by atoms with Crippen molar-refractivity contribution in [2.24, 2.45) is 0 Å². The summed E-state index contributed by atoms with van der Waals surface area (Å²) < 4.78 is 0. The maximum atomic E-state index is 6.79. The van der Waals surface area contributed by atoms with Crippen LogP contribution in [0.2, 0.25) is 0 Å². The van der Waals surface area contributed by atoms with Crippen molar-refractivity contribution in [1.29, 1.82) is 0 Å². The number of benzene rings is 1. The number of halogens is 1. The maximum absolute atomic E-state index is 6.79. The summed E-state index contributed by atoms with van der Waals surface area (Å²) >= 11 is 0. The first-order valence-corrected chi connectivity index (χ1v) is 21.7. The van der Waals surface area contributed by atoms with Gasteiger partial charge in [-0.2, -0.15) is 9.90 Å². The van der Waals surface area contributed by atoms with Crippen LogP contribution in [-0.4, -0.2) is 14.1 Å². The first-order chi connectivity index (χ1) is 23.1. The summed E-state index contributed by atoms with van der Waals surface area (Å²) in [6.45, 7) is 4.61. The van der Waals surface area contributed by atoms with E-state index < -0.39 is 0 Å². The zero-order valence-corrected chi connectivity index (χ0v) is 34.0. The van der Waals surface area contributed by atoms with Crippen molar-refractivity contribution >= 4 is 0 Å². The second kappa shape index (κ2) is 36.2. The van der Waals surface area contributed by atoms with E-state index in [-0.39, 0.29) is 18.0 Å². The Bertz CT molecular complexity index is 702. The number of unbranched alkanes of at least 4 members (excludes halogenated alkanes) is 30. The van der Waals surface area contributed by atoms with Crippen molar-refractivity contribution in [3.63, 3.8) is 0 Å². The molecule has 0 spiro atoms. The van der Waals surface area contributed by atoms with Crippen LogP contribution in [-0.2, 0) is 10.4 Å². The van der Waals surface area contributed by atoms with Gasteiger partial charge in [0.15, 0.2) is 5.60 Å². The van der Waals surface area contributed by atoms with Crippen molar-refractivity contribution in [2.75, 3.05) is 14.1 Å². The smallest absolute Gasteiger partial charge is 0.152 e. The van der Waals surface area contributed by atoms with E-state index in [2.05, 4.69) is 58.3 Å². The highest BCUT2D eigenvalue weighted by atomic mass is 35.5. The first kappa shape index (κ1) is 47.4. The lowest BCUT2D eigenvalue weighted by atomic mass is 9.83. The summed E-state index contributed by atoms with van der Waals surface area (Å²) in [7, 11) is 4.30. The Hall–Kier alpha value is -0.570. The molecule has 0 fully saturated rings. The van der Waals surface area contributed by atoms with Gasteiger partial charge < -0.3 is 12.4 Å². The molecule has 0 saturated carbocycles. The second-order valence-corrected chi connectivity index (χ2v) is 15.5.